The van der Waals surface area contributed by atoms with E-state index in [1.807, 2.05) is 17.6 Å². The molecule has 1 aromatic heterocycles. The molecule has 20 heavy (non-hydrogen) atoms. The summed E-state index contributed by atoms with van der Waals surface area (Å²) in [6, 6.07) is 8.23. The Labute approximate surface area is 125 Å². The number of nitrogen functional groups attached to an aromatic ring is 1. The van der Waals surface area contributed by atoms with Gasteiger partial charge in [-0.25, -0.2) is 4.98 Å². The van der Waals surface area contributed by atoms with Crippen molar-refractivity contribution in [2.75, 3.05) is 19.3 Å². The van der Waals surface area contributed by atoms with Crippen LogP contribution in [-0.4, -0.2) is 23.5 Å². The molecule has 2 aromatic rings. The van der Waals surface area contributed by atoms with Crippen molar-refractivity contribution in [3.63, 3.8) is 0 Å². The third-order valence-electron chi connectivity index (χ3n) is 3.71. The highest BCUT2D eigenvalue weighted by atomic mass is 32.1. The maximum absolute atomic E-state index is 5.73. The van der Waals surface area contributed by atoms with Gasteiger partial charge in [0.05, 0.1) is 11.2 Å². The summed E-state index contributed by atoms with van der Waals surface area (Å²) in [4.78, 5) is 8.04. The molecular formula is C16H23N3S. The molecule has 1 aromatic carbocycles. The smallest absolute Gasteiger partial charge is 0.0798 e. The third kappa shape index (κ3) is 4.05. The van der Waals surface area contributed by atoms with E-state index in [0.717, 1.165) is 30.9 Å². The molecule has 0 bridgehead atoms. The van der Waals surface area contributed by atoms with Gasteiger partial charge in [0, 0.05) is 17.1 Å². The molecule has 1 heterocycles. The first-order valence-corrected chi connectivity index (χ1v) is 7.87. The predicted molar refractivity (Wildman–Crippen MR) is 87.1 cm³/mol. The van der Waals surface area contributed by atoms with Crippen LogP contribution in [-0.2, 0) is 6.54 Å². The Bertz CT molecular complexity index is 533. The van der Waals surface area contributed by atoms with Gasteiger partial charge in [-0.2, -0.15) is 0 Å². The topological polar surface area (TPSA) is 42.2 Å². The van der Waals surface area contributed by atoms with Crippen LogP contribution in [0.25, 0.3) is 0 Å². The Balaban J connectivity index is 1.82. The lowest BCUT2D eigenvalue weighted by molar-refractivity contribution is 0.315. The molecule has 3 nitrogen and oxygen atoms in total. The fourth-order valence-electron chi connectivity index (χ4n) is 2.21. The van der Waals surface area contributed by atoms with Gasteiger partial charge in [-0.1, -0.05) is 19.1 Å². The summed E-state index contributed by atoms with van der Waals surface area (Å²) in [6.45, 7) is 6.43. The van der Waals surface area contributed by atoms with Crippen LogP contribution in [0.2, 0.25) is 0 Å². The largest absolute Gasteiger partial charge is 0.399 e. The van der Waals surface area contributed by atoms with Crippen LogP contribution in [0.5, 0.6) is 0 Å². The van der Waals surface area contributed by atoms with Crippen molar-refractivity contribution in [1.82, 2.24) is 9.88 Å². The molecule has 0 amide bonds. The fraction of sp³-hybridized carbons (Fsp3) is 0.438. The van der Waals surface area contributed by atoms with E-state index in [9.17, 15) is 0 Å². The second kappa shape index (κ2) is 6.86. The zero-order valence-corrected chi connectivity index (χ0v) is 13.3. The van der Waals surface area contributed by atoms with Gasteiger partial charge < -0.3 is 10.6 Å². The summed E-state index contributed by atoms with van der Waals surface area (Å²) >= 11 is 1.74. The molecule has 0 radical (unpaired) electrons. The van der Waals surface area contributed by atoms with Gasteiger partial charge in [0.1, 0.15) is 0 Å². The minimum atomic E-state index is 0.556. The standard InChI is InChI=1S/C16H23N3S/c1-12(14-4-6-15(17)7-5-14)8-9-19(3)10-16-13(2)18-11-20-16/h4-7,11-12H,8-10,17H2,1-3H3. The van der Waals surface area contributed by atoms with E-state index in [2.05, 4.69) is 42.9 Å². The molecule has 0 aliphatic heterocycles. The fourth-order valence-corrected chi connectivity index (χ4v) is 3.06. The molecule has 0 aliphatic carbocycles. The van der Waals surface area contributed by atoms with Crippen LogP contribution in [0.15, 0.2) is 29.8 Å². The van der Waals surface area contributed by atoms with Crippen LogP contribution >= 0.6 is 11.3 Å². The number of thiazole rings is 1. The summed E-state index contributed by atoms with van der Waals surface area (Å²) < 4.78 is 0. The summed E-state index contributed by atoms with van der Waals surface area (Å²) in [6.07, 6.45) is 1.15. The minimum absolute atomic E-state index is 0.556. The predicted octanol–water partition coefficient (Wildman–Crippen LogP) is 3.66. The summed E-state index contributed by atoms with van der Waals surface area (Å²) in [5, 5.41) is 0. The number of rotatable bonds is 6. The van der Waals surface area contributed by atoms with Gasteiger partial charge in [-0.05, 0) is 50.6 Å². The number of anilines is 1. The lowest BCUT2D eigenvalue weighted by atomic mass is 9.97. The normalized spacial score (nSPS) is 12.8. The Morgan fingerprint density at radius 3 is 2.60 bits per heavy atom. The minimum Gasteiger partial charge on any atom is -0.399 e. The number of aryl methyl sites for hydroxylation is 1. The number of nitrogens with two attached hydrogens (primary N) is 1. The Morgan fingerprint density at radius 2 is 2.00 bits per heavy atom. The first-order chi connectivity index (χ1) is 9.56. The maximum Gasteiger partial charge on any atom is 0.0798 e. The number of aromatic nitrogens is 1. The average Bonchev–Trinajstić information content (AvgIpc) is 2.82. The Hall–Kier alpha value is -1.39. The van der Waals surface area contributed by atoms with Crippen molar-refractivity contribution in [2.24, 2.45) is 0 Å². The van der Waals surface area contributed by atoms with Gasteiger partial charge in [0.25, 0.3) is 0 Å². The van der Waals surface area contributed by atoms with Crippen LogP contribution in [0.1, 0.15) is 35.4 Å². The van der Waals surface area contributed by atoms with E-state index >= 15 is 0 Å². The average molecular weight is 289 g/mol. The highest BCUT2D eigenvalue weighted by Gasteiger charge is 2.09. The number of benzene rings is 1. The second-order valence-corrected chi connectivity index (χ2v) is 6.39. The molecule has 0 saturated heterocycles. The maximum atomic E-state index is 5.73. The molecule has 0 spiro atoms. The molecule has 0 aliphatic rings. The molecule has 0 fully saturated rings. The van der Waals surface area contributed by atoms with Crippen molar-refractivity contribution in [1.29, 1.82) is 0 Å². The molecule has 108 valence electrons. The van der Waals surface area contributed by atoms with E-state index in [1.165, 1.54) is 10.4 Å². The van der Waals surface area contributed by atoms with E-state index < -0.39 is 0 Å². The molecule has 0 saturated carbocycles. The van der Waals surface area contributed by atoms with E-state index in [4.69, 9.17) is 5.73 Å². The molecule has 1 unspecified atom stereocenters. The molecule has 1 atom stereocenters. The highest BCUT2D eigenvalue weighted by molar-refractivity contribution is 7.09. The molecule has 4 heteroatoms. The van der Waals surface area contributed by atoms with Crippen LogP contribution in [0.4, 0.5) is 5.69 Å². The van der Waals surface area contributed by atoms with Crippen LogP contribution < -0.4 is 5.73 Å². The SMILES string of the molecule is Cc1ncsc1CN(C)CCC(C)c1ccc(N)cc1. The quantitative estimate of drug-likeness (QED) is 0.825. The Morgan fingerprint density at radius 1 is 1.30 bits per heavy atom. The van der Waals surface area contributed by atoms with E-state index in [0.29, 0.717) is 5.92 Å². The van der Waals surface area contributed by atoms with Gasteiger partial charge in [0.15, 0.2) is 0 Å². The lowest BCUT2D eigenvalue weighted by Crippen LogP contribution is -2.20. The van der Waals surface area contributed by atoms with Crippen molar-refractivity contribution in [3.8, 4) is 0 Å². The second-order valence-electron chi connectivity index (χ2n) is 5.46. The van der Waals surface area contributed by atoms with Gasteiger partial charge in [-0.15, -0.1) is 11.3 Å². The van der Waals surface area contributed by atoms with Crippen LogP contribution in [0.3, 0.4) is 0 Å². The third-order valence-corrected chi connectivity index (χ3v) is 4.63. The first-order valence-electron chi connectivity index (χ1n) is 6.99. The van der Waals surface area contributed by atoms with Gasteiger partial charge in [0.2, 0.25) is 0 Å². The number of nitrogens with zero attached hydrogens (tertiary/aromatic N) is 2. The lowest BCUT2D eigenvalue weighted by Gasteiger charge is -2.19. The van der Waals surface area contributed by atoms with Gasteiger partial charge >= 0.3 is 0 Å². The van der Waals surface area contributed by atoms with Crippen LogP contribution in [0, 0.1) is 6.92 Å². The number of hydrogen-bond acceptors (Lipinski definition) is 4. The molecular weight excluding hydrogens is 266 g/mol. The summed E-state index contributed by atoms with van der Waals surface area (Å²) in [5.74, 6) is 0.556. The zero-order chi connectivity index (χ0) is 14.5. The zero-order valence-electron chi connectivity index (χ0n) is 12.5. The highest BCUT2D eigenvalue weighted by Crippen LogP contribution is 2.21. The molecule has 2 rings (SSSR count). The van der Waals surface area contributed by atoms with Crippen molar-refractivity contribution in [3.05, 3.63) is 45.9 Å². The van der Waals surface area contributed by atoms with Gasteiger partial charge in [-0.3, -0.25) is 0 Å². The van der Waals surface area contributed by atoms with E-state index in [-0.39, 0.29) is 0 Å². The van der Waals surface area contributed by atoms with Crippen molar-refractivity contribution in [2.45, 2.75) is 32.7 Å². The first kappa shape index (κ1) is 15.0. The molecule has 2 N–H and O–H groups in total. The van der Waals surface area contributed by atoms with Crippen molar-refractivity contribution >= 4 is 17.0 Å². The summed E-state index contributed by atoms with van der Waals surface area (Å²) in [7, 11) is 2.18. The Kier molecular flexibility index (Phi) is 5.15. The van der Waals surface area contributed by atoms with E-state index in [1.54, 1.807) is 11.3 Å². The van der Waals surface area contributed by atoms with Crippen molar-refractivity contribution < 1.29 is 0 Å². The monoisotopic (exact) mass is 289 g/mol. The number of hydrogen-bond donors (Lipinski definition) is 1. The summed E-state index contributed by atoms with van der Waals surface area (Å²) in [5.41, 5.74) is 11.0.